The van der Waals surface area contributed by atoms with E-state index in [1.807, 2.05) is 52.0 Å². The van der Waals surface area contributed by atoms with Crippen LogP contribution in [0, 0.1) is 6.92 Å². The van der Waals surface area contributed by atoms with Gasteiger partial charge in [0.05, 0.1) is 0 Å². The van der Waals surface area contributed by atoms with E-state index in [0.717, 1.165) is 5.56 Å². The predicted molar refractivity (Wildman–Crippen MR) is 76.9 cm³/mol. The summed E-state index contributed by atoms with van der Waals surface area (Å²) < 4.78 is 5.38. The van der Waals surface area contributed by atoms with Crippen LogP contribution in [-0.2, 0) is 11.3 Å². The molecule has 0 aliphatic rings. The average Bonchev–Trinajstić information content (AvgIpc) is 2.29. The summed E-state index contributed by atoms with van der Waals surface area (Å²) in [4.78, 5) is 13.7. The van der Waals surface area contributed by atoms with Gasteiger partial charge in [0, 0.05) is 19.6 Å². The number of carbonyl (C=O) groups is 1. The van der Waals surface area contributed by atoms with Crippen LogP contribution in [0.5, 0.6) is 0 Å². The van der Waals surface area contributed by atoms with Gasteiger partial charge < -0.3 is 15.4 Å². The number of rotatable bonds is 4. The van der Waals surface area contributed by atoms with Crippen molar-refractivity contribution in [3.63, 3.8) is 0 Å². The largest absolute Gasteiger partial charge is 0.444 e. The molecule has 0 aromatic heterocycles. The average molecular weight is 264 g/mol. The Morgan fingerprint density at radius 1 is 1.26 bits per heavy atom. The van der Waals surface area contributed by atoms with Crippen LogP contribution >= 0.6 is 0 Å². The molecule has 0 saturated carbocycles. The summed E-state index contributed by atoms with van der Waals surface area (Å²) in [6.07, 6.45) is -0.321. The molecule has 2 N–H and O–H groups in total. The molecule has 0 spiro atoms. The van der Waals surface area contributed by atoms with Gasteiger partial charge in [-0.1, -0.05) is 29.8 Å². The number of hydrogen-bond acceptors (Lipinski definition) is 3. The van der Waals surface area contributed by atoms with Gasteiger partial charge in [-0.05, 0) is 33.3 Å². The van der Waals surface area contributed by atoms with Crippen molar-refractivity contribution in [3.05, 3.63) is 35.4 Å². The van der Waals surface area contributed by atoms with Gasteiger partial charge in [0.15, 0.2) is 0 Å². The maximum atomic E-state index is 12.1. The Kier molecular flexibility index (Phi) is 5.36. The van der Waals surface area contributed by atoms with Crippen LogP contribution in [-0.4, -0.2) is 29.7 Å². The fraction of sp³-hybridized carbons (Fsp3) is 0.533. The van der Waals surface area contributed by atoms with Gasteiger partial charge in [0.25, 0.3) is 0 Å². The van der Waals surface area contributed by atoms with Crippen molar-refractivity contribution < 1.29 is 9.53 Å². The zero-order valence-electron chi connectivity index (χ0n) is 12.3. The summed E-state index contributed by atoms with van der Waals surface area (Å²) in [6.45, 7) is 9.04. The molecule has 0 saturated heterocycles. The molecule has 19 heavy (non-hydrogen) atoms. The number of nitrogens with two attached hydrogens (primary N) is 1. The van der Waals surface area contributed by atoms with Crippen LogP contribution < -0.4 is 5.73 Å². The lowest BCUT2D eigenvalue weighted by molar-refractivity contribution is 0.0239. The molecule has 1 rings (SSSR count). The second kappa shape index (κ2) is 6.57. The van der Waals surface area contributed by atoms with Crippen molar-refractivity contribution in [2.24, 2.45) is 5.73 Å². The summed E-state index contributed by atoms with van der Waals surface area (Å²) in [5.74, 6) is 0. The van der Waals surface area contributed by atoms with Crippen LogP contribution in [0.25, 0.3) is 0 Å². The van der Waals surface area contributed by atoms with E-state index in [0.29, 0.717) is 19.6 Å². The quantitative estimate of drug-likeness (QED) is 0.909. The topological polar surface area (TPSA) is 55.6 Å². The smallest absolute Gasteiger partial charge is 0.410 e. The molecule has 4 nitrogen and oxygen atoms in total. The van der Waals surface area contributed by atoms with Crippen molar-refractivity contribution in [2.75, 3.05) is 13.1 Å². The first-order valence-corrected chi connectivity index (χ1v) is 6.55. The van der Waals surface area contributed by atoms with Gasteiger partial charge in [-0.3, -0.25) is 0 Å². The number of ether oxygens (including phenoxy) is 1. The second-order valence-corrected chi connectivity index (χ2v) is 5.68. The molecule has 0 fully saturated rings. The van der Waals surface area contributed by atoms with Crippen LogP contribution in [0.2, 0.25) is 0 Å². The number of carbonyl (C=O) groups excluding carboxylic acids is 1. The monoisotopic (exact) mass is 264 g/mol. The lowest BCUT2D eigenvalue weighted by Gasteiger charge is -2.27. The highest BCUT2D eigenvalue weighted by molar-refractivity contribution is 5.68. The Balaban J connectivity index is 2.72. The standard InChI is InChI=1S/C15H24N2O2/c1-12-5-7-13(8-6-12)11-17(10-9-16)14(18)19-15(2,3)4/h5-8H,9-11,16H2,1-4H3. The molecule has 0 atom stereocenters. The SMILES string of the molecule is Cc1ccc(CN(CCN)C(=O)OC(C)(C)C)cc1. The summed E-state index contributed by atoms with van der Waals surface area (Å²) in [5.41, 5.74) is 7.34. The Morgan fingerprint density at radius 3 is 2.32 bits per heavy atom. The van der Waals surface area contributed by atoms with Crippen LogP contribution in [0.4, 0.5) is 4.79 Å². The second-order valence-electron chi connectivity index (χ2n) is 5.68. The summed E-state index contributed by atoms with van der Waals surface area (Å²) in [5, 5.41) is 0. The van der Waals surface area contributed by atoms with Crippen LogP contribution in [0.15, 0.2) is 24.3 Å². The molecule has 0 aliphatic heterocycles. The third-order valence-electron chi connectivity index (χ3n) is 2.54. The van der Waals surface area contributed by atoms with Crippen molar-refractivity contribution in [1.29, 1.82) is 0 Å². The highest BCUT2D eigenvalue weighted by Gasteiger charge is 2.21. The van der Waals surface area contributed by atoms with E-state index in [1.54, 1.807) is 4.90 Å². The molecule has 0 aliphatic carbocycles. The highest BCUT2D eigenvalue weighted by atomic mass is 16.6. The van der Waals surface area contributed by atoms with Crippen molar-refractivity contribution in [2.45, 2.75) is 39.8 Å². The molecule has 0 radical (unpaired) electrons. The van der Waals surface area contributed by atoms with Crippen molar-refractivity contribution >= 4 is 6.09 Å². The van der Waals surface area contributed by atoms with Gasteiger partial charge in [0.1, 0.15) is 5.60 Å². The number of hydrogen-bond donors (Lipinski definition) is 1. The van der Waals surface area contributed by atoms with E-state index in [4.69, 9.17) is 10.5 Å². The normalized spacial score (nSPS) is 11.2. The predicted octanol–water partition coefficient (Wildman–Crippen LogP) is 2.69. The fourth-order valence-corrected chi connectivity index (χ4v) is 1.63. The number of nitrogens with zero attached hydrogens (tertiary/aromatic N) is 1. The molecule has 1 amide bonds. The van der Waals surface area contributed by atoms with E-state index in [-0.39, 0.29) is 6.09 Å². The Hall–Kier alpha value is -1.55. The zero-order chi connectivity index (χ0) is 14.5. The van der Waals surface area contributed by atoms with E-state index in [1.165, 1.54) is 5.56 Å². The van der Waals surface area contributed by atoms with E-state index >= 15 is 0 Å². The summed E-state index contributed by atoms with van der Waals surface area (Å²) in [7, 11) is 0. The van der Waals surface area contributed by atoms with E-state index in [9.17, 15) is 4.79 Å². The Morgan fingerprint density at radius 2 is 1.84 bits per heavy atom. The molecule has 1 aromatic carbocycles. The molecule has 106 valence electrons. The number of benzene rings is 1. The van der Waals surface area contributed by atoms with Gasteiger partial charge in [0.2, 0.25) is 0 Å². The molecular weight excluding hydrogens is 240 g/mol. The highest BCUT2D eigenvalue weighted by Crippen LogP contribution is 2.13. The maximum Gasteiger partial charge on any atom is 0.410 e. The molecular formula is C15H24N2O2. The third kappa shape index (κ3) is 5.75. The van der Waals surface area contributed by atoms with Gasteiger partial charge >= 0.3 is 6.09 Å². The van der Waals surface area contributed by atoms with Crippen molar-refractivity contribution in [1.82, 2.24) is 4.90 Å². The first kappa shape index (κ1) is 15.5. The molecule has 1 aromatic rings. The van der Waals surface area contributed by atoms with E-state index in [2.05, 4.69) is 0 Å². The third-order valence-corrected chi connectivity index (χ3v) is 2.54. The van der Waals surface area contributed by atoms with Gasteiger partial charge in [-0.15, -0.1) is 0 Å². The minimum atomic E-state index is -0.489. The fourth-order valence-electron chi connectivity index (χ4n) is 1.63. The summed E-state index contributed by atoms with van der Waals surface area (Å²) >= 11 is 0. The molecule has 0 heterocycles. The first-order chi connectivity index (χ1) is 8.81. The first-order valence-electron chi connectivity index (χ1n) is 6.55. The lowest BCUT2D eigenvalue weighted by atomic mass is 10.1. The van der Waals surface area contributed by atoms with Crippen LogP contribution in [0.3, 0.4) is 0 Å². The van der Waals surface area contributed by atoms with Gasteiger partial charge in [-0.2, -0.15) is 0 Å². The minimum absolute atomic E-state index is 0.321. The molecule has 4 heteroatoms. The Labute approximate surface area is 115 Å². The maximum absolute atomic E-state index is 12.1. The van der Waals surface area contributed by atoms with Crippen LogP contribution in [0.1, 0.15) is 31.9 Å². The zero-order valence-corrected chi connectivity index (χ0v) is 12.3. The molecule has 0 bridgehead atoms. The number of aryl methyl sites for hydroxylation is 1. The summed E-state index contributed by atoms with van der Waals surface area (Å²) in [6, 6.07) is 8.10. The molecule has 0 unspecified atom stereocenters. The van der Waals surface area contributed by atoms with Gasteiger partial charge in [-0.25, -0.2) is 4.79 Å². The van der Waals surface area contributed by atoms with Crippen molar-refractivity contribution in [3.8, 4) is 0 Å². The number of amides is 1. The van der Waals surface area contributed by atoms with E-state index < -0.39 is 5.60 Å². The lowest BCUT2D eigenvalue weighted by Crippen LogP contribution is -2.39. The Bertz CT molecular complexity index is 407. The minimum Gasteiger partial charge on any atom is -0.444 e.